The van der Waals surface area contributed by atoms with Crippen molar-refractivity contribution in [2.75, 3.05) is 0 Å². The van der Waals surface area contributed by atoms with Crippen molar-refractivity contribution in [1.82, 2.24) is 0 Å². The average molecular weight is 209 g/mol. The van der Waals surface area contributed by atoms with Crippen LogP contribution >= 0.6 is 0 Å². The molecule has 1 aromatic rings. The second-order valence-electron chi connectivity index (χ2n) is 4.04. The van der Waals surface area contributed by atoms with Crippen molar-refractivity contribution in [3.8, 4) is 5.75 Å². The van der Waals surface area contributed by atoms with Gasteiger partial charge in [-0.25, -0.2) is 0 Å². The maximum absolute atomic E-state index is 9.78. The van der Waals surface area contributed by atoms with E-state index in [2.05, 4.69) is 0 Å². The zero-order valence-electron chi connectivity index (χ0n) is 9.47. The predicted molar refractivity (Wildman–Crippen MR) is 60.8 cm³/mol. The van der Waals surface area contributed by atoms with E-state index in [0.717, 1.165) is 11.3 Å². The Labute approximate surface area is 90.9 Å². The Morgan fingerprint density at radius 1 is 1.27 bits per heavy atom. The summed E-state index contributed by atoms with van der Waals surface area (Å²) in [5, 5.41) is 9.78. The van der Waals surface area contributed by atoms with Gasteiger partial charge in [-0.15, -0.1) is 0 Å². The minimum absolute atomic E-state index is 0.132. The van der Waals surface area contributed by atoms with E-state index in [9.17, 15) is 5.11 Å². The molecule has 0 radical (unpaired) electrons. The fraction of sp³-hybridized carbons (Fsp3) is 0.500. The van der Waals surface area contributed by atoms with Crippen LogP contribution < -0.4 is 10.5 Å². The number of benzene rings is 1. The van der Waals surface area contributed by atoms with Crippen LogP contribution in [0.2, 0.25) is 0 Å². The average Bonchev–Trinajstić information content (AvgIpc) is 2.16. The molecule has 0 heterocycles. The van der Waals surface area contributed by atoms with E-state index in [4.69, 9.17) is 10.5 Å². The highest BCUT2D eigenvalue weighted by Crippen LogP contribution is 2.21. The molecular formula is C12H19NO2. The lowest BCUT2D eigenvalue weighted by molar-refractivity contribution is 0.152. The van der Waals surface area contributed by atoms with Crippen LogP contribution in [0.4, 0.5) is 0 Å². The minimum atomic E-state index is -0.638. The van der Waals surface area contributed by atoms with Crippen molar-refractivity contribution in [2.45, 2.75) is 39.0 Å². The molecule has 3 nitrogen and oxygen atoms in total. The molecule has 0 saturated heterocycles. The molecule has 0 aliphatic carbocycles. The zero-order valence-corrected chi connectivity index (χ0v) is 9.47. The van der Waals surface area contributed by atoms with Crippen LogP contribution in [0, 0.1) is 0 Å². The standard InChI is InChI=1S/C12H19NO2/c1-8(2)15-11-6-4-5-10(7-11)12(14)9(3)13/h4-9,12,14H,13H2,1-3H3/t9-,12-/m0/s1. The number of hydrogen-bond acceptors (Lipinski definition) is 3. The van der Waals surface area contributed by atoms with Gasteiger partial charge in [-0.2, -0.15) is 0 Å². The van der Waals surface area contributed by atoms with Gasteiger partial charge >= 0.3 is 0 Å². The summed E-state index contributed by atoms with van der Waals surface area (Å²) < 4.78 is 5.53. The van der Waals surface area contributed by atoms with E-state index >= 15 is 0 Å². The first-order chi connectivity index (χ1) is 7.00. The van der Waals surface area contributed by atoms with E-state index in [1.807, 2.05) is 38.1 Å². The first kappa shape index (κ1) is 12.0. The third-order valence-corrected chi connectivity index (χ3v) is 2.07. The van der Waals surface area contributed by atoms with Crippen LogP contribution in [-0.2, 0) is 0 Å². The van der Waals surface area contributed by atoms with E-state index in [1.54, 1.807) is 6.92 Å². The largest absolute Gasteiger partial charge is 0.491 e. The fourth-order valence-electron chi connectivity index (χ4n) is 1.35. The van der Waals surface area contributed by atoms with Crippen LogP contribution in [0.3, 0.4) is 0 Å². The molecule has 2 atom stereocenters. The third-order valence-electron chi connectivity index (χ3n) is 2.07. The SMILES string of the molecule is CC(C)Oc1cccc([C@@H](O)[C@H](C)N)c1. The van der Waals surface area contributed by atoms with Crippen LogP contribution in [0.25, 0.3) is 0 Å². The number of hydrogen-bond donors (Lipinski definition) is 2. The number of rotatable bonds is 4. The van der Waals surface area contributed by atoms with Gasteiger partial charge < -0.3 is 15.6 Å². The predicted octanol–water partition coefficient (Wildman–Crippen LogP) is 1.85. The smallest absolute Gasteiger partial charge is 0.120 e. The molecule has 0 saturated carbocycles. The molecule has 0 spiro atoms. The molecule has 0 amide bonds. The van der Waals surface area contributed by atoms with Gasteiger partial charge in [-0.3, -0.25) is 0 Å². The summed E-state index contributed by atoms with van der Waals surface area (Å²) in [6.45, 7) is 5.71. The van der Waals surface area contributed by atoms with Gasteiger partial charge in [0.1, 0.15) is 5.75 Å². The molecule has 0 aromatic heterocycles. The van der Waals surface area contributed by atoms with Gasteiger partial charge in [-0.05, 0) is 38.5 Å². The Hall–Kier alpha value is -1.06. The van der Waals surface area contributed by atoms with Crippen molar-refractivity contribution < 1.29 is 9.84 Å². The lowest BCUT2D eigenvalue weighted by Gasteiger charge is -2.16. The Bertz CT molecular complexity index is 310. The molecule has 84 valence electrons. The monoisotopic (exact) mass is 209 g/mol. The molecule has 0 aliphatic rings. The lowest BCUT2D eigenvalue weighted by Crippen LogP contribution is -2.24. The van der Waals surface area contributed by atoms with Gasteiger partial charge in [-0.1, -0.05) is 12.1 Å². The van der Waals surface area contributed by atoms with Gasteiger partial charge in [0.15, 0.2) is 0 Å². The van der Waals surface area contributed by atoms with E-state index in [1.165, 1.54) is 0 Å². The van der Waals surface area contributed by atoms with E-state index in [-0.39, 0.29) is 12.1 Å². The normalized spacial score (nSPS) is 15.1. The summed E-state index contributed by atoms with van der Waals surface area (Å²) >= 11 is 0. The summed E-state index contributed by atoms with van der Waals surface area (Å²) in [4.78, 5) is 0. The number of aliphatic hydroxyl groups excluding tert-OH is 1. The highest BCUT2D eigenvalue weighted by molar-refractivity contribution is 5.30. The first-order valence-electron chi connectivity index (χ1n) is 5.21. The topological polar surface area (TPSA) is 55.5 Å². The van der Waals surface area contributed by atoms with Crippen molar-refractivity contribution in [3.63, 3.8) is 0 Å². The number of ether oxygens (including phenoxy) is 1. The summed E-state index contributed by atoms with van der Waals surface area (Å²) in [7, 11) is 0. The fourth-order valence-corrected chi connectivity index (χ4v) is 1.35. The van der Waals surface area contributed by atoms with E-state index < -0.39 is 6.10 Å². The molecule has 3 N–H and O–H groups in total. The molecule has 1 aromatic carbocycles. The Balaban J connectivity index is 2.82. The van der Waals surface area contributed by atoms with Crippen molar-refractivity contribution in [1.29, 1.82) is 0 Å². The van der Waals surface area contributed by atoms with Crippen LogP contribution in [0.5, 0.6) is 5.75 Å². The highest BCUT2D eigenvalue weighted by atomic mass is 16.5. The Morgan fingerprint density at radius 2 is 1.93 bits per heavy atom. The lowest BCUT2D eigenvalue weighted by atomic mass is 10.0. The van der Waals surface area contributed by atoms with Gasteiger partial charge in [0, 0.05) is 6.04 Å². The maximum atomic E-state index is 9.78. The molecular weight excluding hydrogens is 190 g/mol. The quantitative estimate of drug-likeness (QED) is 0.795. The molecule has 0 fully saturated rings. The second-order valence-corrected chi connectivity index (χ2v) is 4.04. The third kappa shape index (κ3) is 3.53. The summed E-state index contributed by atoms with van der Waals surface area (Å²) in [6.07, 6.45) is -0.506. The molecule has 1 rings (SSSR count). The van der Waals surface area contributed by atoms with Crippen molar-refractivity contribution in [3.05, 3.63) is 29.8 Å². The molecule has 0 unspecified atom stereocenters. The molecule has 0 aliphatic heterocycles. The molecule has 0 bridgehead atoms. The van der Waals surface area contributed by atoms with Gasteiger partial charge in [0.2, 0.25) is 0 Å². The van der Waals surface area contributed by atoms with Crippen LogP contribution in [0.1, 0.15) is 32.4 Å². The number of nitrogens with two attached hydrogens (primary N) is 1. The zero-order chi connectivity index (χ0) is 11.4. The maximum Gasteiger partial charge on any atom is 0.120 e. The van der Waals surface area contributed by atoms with Crippen molar-refractivity contribution >= 4 is 0 Å². The van der Waals surface area contributed by atoms with Crippen LogP contribution in [-0.4, -0.2) is 17.3 Å². The highest BCUT2D eigenvalue weighted by Gasteiger charge is 2.12. The Kier molecular flexibility index (Phi) is 4.12. The van der Waals surface area contributed by atoms with Crippen LogP contribution in [0.15, 0.2) is 24.3 Å². The van der Waals surface area contributed by atoms with E-state index in [0.29, 0.717) is 0 Å². The van der Waals surface area contributed by atoms with Gasteiger partial charge in [0.25, 0.3) is 0 Å². The second kappa shape index (κ2) is 5.14. The van der Waals surface area contributed by atoms with Gasteiger partial charge in [0.05, 0.1) is 12.2 Å². The first-order valence-corrected chi connectivity index (χ1v) is 5.21. The summed E-state index contributed by atoms with van der Waals surface area (Å²) in [5.41, 5.74) is 6.42. The van der Waals surface area contributed by atoms with Crippen molar-refractivity contribution in [2.24, 2.45) is 5.73 Å². The Morgan fingerprint density at radius 3 is 2.47 bits per heavy atom. The molecule has 3 heteroatoms. The molecule has 15 heavy (non-hydrogen) atoms. The summed E-state index contributed by atoms with van der Waals surface area (Å²) in [6, 6.07) is 7.13. The summed E-state index contributed by atoms with van der Waals surface area (Å²) in [5.74, 6) is 0.766. The minimum Gasteiger partial charge on any atom is -0.491 e. The number of aliphatic hydroxyl groups is 1.